The molecule has 1 aliphatic rings. The van der Waals surface area contributed by atoms with Gasteiger partial charge in [-0.25, -0.2) is 4.98 Å². The Hall–Kier alpha value is -2.42. The molecule has 2 heterocycles. The van der Waals surface area contributed by atoms with Crippen LogP contribution in [-0.4, -0.2) is 41.5 Å². The van der Waals surface area contributed by atoms with Gasteiger partial charge in [-0.3, -0.25) is 9.59 Å². The molecule has 0 aliphatic carbocycles. The zero-order valence-electron chi connectivity index (χ0n) is 15.2. The first-order chi connectivity index (χ1) is 13.3. The van der Waals surface area contributed by atoms with Crippen molar-refractivity contribution in [3.63, 3.8) is 0 Å². The standard InChI is InChI=1S/C19H19F3N2O3S/c1-2-27-18(26)13-8-10-24(11-9-13)17(25)14-15(19(20,21)22)23-16(28-14)12-6-4-3-5-7-12/h3-7,13H,2,8-11H2,1H3. The maximum absolute atomic E-state index is 13.5. The van der Waals surface area contributed by atoms with Crippen LogP contribution in [0.4, 0.5) is 13.2 Å². The van der Waals surface area contributed by atoms with Crippen LogP contribution in [0, 0.1) is 5.92 Å². The van der Waals surface area contributed by atoms with Crippen LogP contribution in [-0.2, 0) is 15.7 Å². The van der Waals surface area contributed by atoms with Crippen molar-refractivity contribution in [2.24, 2.45) is 5.92 Å². The number of halogens is 3. The fourth-order valence-corrected chi connectivity index (χ4v) is 4.14. The summed E-state index contributed by atoms with van der Waals surface area (Å²) in [7, 11) is 0. The number of ether oxygens (including phenoxy) is 1. The lowest BCUT2D eigenvalue weighted by Gasteiger charge is -2.30. The molecule has 28 heavy (non-hydrogen) atoms. The average molecular weight is 412 g/mol. The van der Waals surface area contributed by atoms with Crippen LogP contribution in [0.3, 0.4) is 0 Å². The van der Waals surface area contributed by atoms with E-state index in [1.165, 1.54) is 4.90 Å². The van der Waals surface area contributed by atoms with Gasteiger partial charge in [-0.1, -0.05) is 30.3 Å². The summed E-state index contributed by atoms with van der Waals surface area (Å²) in [5.41, 5.74) is -0.632. The minimum Gasteiger partial charge on any atom is -0.466 e. The lowest BCUT2D eigenvalue weighted by Crippen LogP contribution is -2.41. The van der Waals surface area contributed by atoms with Gasteiger partial charge in [-0.15, -0.1) is 11.3 Å². The summed E-state index contributed by atoms with van der Waals surface area (Å²) >= 11 is 0.743. The number of amides is 1. The Bertz CT molecular complexity index is 844. The third-order valence-electron chi connectivity index (χ3n) is 4.51. The van der Waals surface area contributed by atoms with E-state index >= 15 is 0 Å². The number of esters is 1. The Labute approximate surface area is 164 Å². The van der Waals surface area contributed by atoms with Crippen molar-refractivity contribution in [1.29, 1.82) is 0 Å². The Balaban J connectivity index is 1.82. The van der Waals surface area contributed by atoms with Crippen molar-refractivity contribution in [2.45, 2.75) is 25.9 Å². The summed E-state index contributed by atoms with van der Waals surface area (Å²) in [5.74, 6) is -1.35. The number of carbonyl (C=O) groups is 2. The van der Waals surface area contributed by atoms with E-state index in [2.05, 4.69) is 4.98 Å². The number of thiazole rings is 1. The monoisotopic (exact) mass is 412 g/mol. The molecule has 3 rings (SSSR count). The highest BCUT2D eigenvalue weighted by molar-refractivity contribution is 7.17. The lowest BCUT2D eigenvalue weighted by atomic mass is 9.97. The molecule has 0 bridgehead atoms. The molecular weight excluding hydrogens is 393 g/mol. The van der Waals surface area contributed by atoms with Crippen LogP contribution in [0.15, 0.2) is 30.3 Å². The fraction of sp³-hybridized carbons (Fsp3) is 0.421. The van der Waals surface area contributed by atoms with Gasteiger partial charge in [-0.2, -0.15) is 13.2 Å². The number of benzene rings is 1. The number of likely N-dealkylation sites (tertiary alicyclic amines) is 1. The maximum atomic E-state index is 13.5. The summed E-state index contributed by atoms with van der Waals surface area (Å²) in [6, 6.07) is 8.45. The molecule has 150 valence electrons. The molecule has 1 fully saturated rings. The van der Waals surface area contributed by atoms with E-state index in [0.717, 1.165) is 11.3 Å². The van der Waals surface area contributed by atoms with E-state index in [9.17, 15) is 22.8 Å². The van der Waals surface area contributed by atoms with Gasteiger partial charge in [0.05, 0.1) is 12.5 Å². The van der Waals surface area contributed by atoms with Crippen LogP contribution in [0.25, 0.3) is 10.6 Å². The van der Waals surface area contributed by atoms with E-state index in [4.69, 9.17) is 4.74 Å². The molecule has 0 saturated carbocycles. The first kappa shape index (κ1) is 20.3. The Morgan fingerprint density at radius 2 is 1.86 bits per heavy atom. The first-order valence-electron chi connectivity index (χ1n) is 8.90. The van der Waals surface area contributed by atoms with E-state index < -0.39 is 22.7 Å². The number of nitrogens with zero attached hydrogens (tertiary/aromatic N) is 2. The SMILES string of the molecule is CCOC(=O)C1CCN(C(=O)c2sc(-c3ccccc3)nc2C(F)(F)F)CC1. The highest BCUT2D eigenvalue weighted by Gasteiger charge is 2.41. The molecule has 9 heteroatoms. The largest absolute Gasteiger partial charge is 0.466 e. The second kappa shape index (κ2) is 8.30. The third-order valence-corrected chi connectivity index (χ3v) is 5.61. The minimum atomic E-state index is -4.72. The van der Waals surface area contributed by atoms with Gasteiger partial charge < -0.3 is 9.64 Å². The molecular formula is C19H19F3N2O3S. The second-order valence-electron chi connectivity index (χ2n) is 6.38. The zero-order chi connectivity index (χ0) is 20.3. The molecule has 0 N–H and O–H groups in total. The van der Waals surface area contributed by atoms with E-state index in [1.54, 1.807) is 37.3 Å². The van der Waals surface area contributed by atoms with Gasteiger partial charge in [0.25, 0.3) is 5.91 Å². The predicted octanol–water partition coefficient (Wildman–Crippen LogP) is 4.24. The quantitative estimate of drug-likeness (QED) is 0.705. The van der Waals surface area contributed by atoms with Crippen molar-refractivity contribution in [2.75, 3.05) is 19.7 Å². The van der Waals surface area contributed by atoms with Gasteiger partial charge in [-0.05, 0) is 19.8 Å². The van der Waals surface area contributed by atoms with Crippen molar-refractivity contribution >= 4 is 23.2 Å². The number of aromatic nitrogens is 1. The Morgan fingerprint density at radius 3 is 2.43 bits per heavy atom. The number of rotatable bonds is 4. The van der Waals surface area contributed by atoms with Gasteiger partial charge in [0.2, 0.25) is 0 Å². The topological polar surface area (TPSA) is 59.5 Å². The van der Waals surface area contributed by atoms with Crippen LogP contribution in [0.1, 0.15) is 35.1 Å². The molecule has 0 radical (unpaired) electrons. The third kappa shape index (κ3) is 4.35. The lowest BCUT2D eigenvalue weighted by molar-refractivity contribution is -0.149. The first-order valence-corrected chi connectivity index (χ1v) is 9.72. The summed E-state index contributed by atoms with van der Waals surface area (Å²) in [6.07, 6.45) is -3.98. The van der Waals surface area contributed by atoms with Crippen LogP contribution in [0.2, 0.25) is 0 Å². The molecule has 1 aliphatic heterocycles. The molecule has 0 atom stereocenters. The van der Waals surface area contributed by atoms with Crippen molar-refractivity contribution < 1.29 is 27.5 Å². The normalized spacial score (nSPS) is 15.5. The van der Waals surface area contributed by atoms with Gasteiger partial charge >= 0.3 is 12.1 Å². The van der Waals surface area contributed by atoms with Gasteiger partial charge in [0, 0.05) is 18.7 Å². The maximum Gasteiger partial charge on any atom is 0.435 e. The van der Waals surface area contributed by atoms with Gasteiger partial charge in [0.1, 0.15) is 9.88 Å². The minimum absolute atomic E-state index is 0.151. The summed E-state index contributed by atoms with van der Waals surface area (Å²) in [5, 5.41) is 0.151. The molecule has 0 unspecified atom stereocenters. The fourth-order valence-electron chi connectivity index (χ4n) is 3.08. The molecule has 1 saturated heterocycles. The molecule has 2 aromatic rings. The summed E-state index contributed by atoms with van der Waals surface area (Å²) < 4.78 is 45.4. The summed E-state index contributed by atoms with van der Waals surface area (Å²) in [6.45, 7) is 2.40. The number of alkyl halides is 3. The number of carbonyl (C=O) groups excluding carboxylic acids is 2. The highest BCUT2D eigenvalue weighted by Crippen LogP contribution is 2.38. The average Bonchev–Trinajstić information content (AvgIpc) is 3.14. The summed E-state index contributed by atoms with van der Waals surface area (Å²) in [4.78, 5) is 29.2. The number of piperidine rings is 1. The molecule has 1 amide bonds. The molecule has 5 nitrogen and oxygen atoms in total. The van der Waals surface area contributed by atoms with E-state index in [0.29, 0.717) is 18.4 Å². The van der Waals surface area contributed by atoms with E-state index in [-0.39, 0.29) is 36.6 Å². The Kier molecular flexibility index (Phi) is 6.02. The van der Waals surface area contributed by atoms with Crippen LogP contribution >= 0.6 is 11.3 Å². The molecule has 1 aromatic heterocycles. The number of hydrogen-bond acceptors (Lipinski definition) is 5. The smallest absolute Gasteiger partial charge is 0.435 e. The highest BCUT2D eigenvalue weighted by atomic mass is 32.1. The van der Waals surface area contributed by atoms with Crippen molar-refractivity contribution in [3.8, 4) is 10.6 Å². The molecule has 1 aromatic carbocycles. The second-order valence-corrected chi connectivity index (χ2v) is 7.38. The van der Waals surface area contributed by atoms with E-state index in [1.807, 2.05) is 0 Å². The van der Waals surface area contributed by atoms with Crippen LogP contribution < -0.4 is 0 Å². The zero-order valence-corrected chi connectivity index (χ0v) is 16.0. The van der Waals surface area contributed by atoms with Crippen molar-refractivity contribution in [3.05, 3.63) is 40.9 Å². The number of hydrogen-bond donors (Lipinski definition) is 0. The predicted molar refractivity (Wildman–Crippen MR) is 97.8 cm³/mol. The van der Waals surface area contributed by atoms with Gasteiger partial charge in [0.15, 0.2) is 5.69 Å². The molecule has 0 spiro atoms. The Morgan fingerprint density at radius 1 is 1.21 bits per heavy atom. The van der Waals surface area contributed by atoms with Crippen molar-refractivity contribution in [1.82, 2.24) is 9.88 Å². The van der Waals surface area contributed by atoms with Crippen LogP contribution in [0.5, 0.6) is 0 Å².